The van der Waals surface area contributed by atoms with Gasteiger partial charge in [0.1, 0.15) is 5.75 Å². The maximum absolute atomic E-state index is 12.4. The molecule has 1 aliphatic heterocycles. The summed E-state index contributed by atoms with van der Waals surface area (Å²) in [6.45, 7) is 2.33. The molecule has 0 saturated carbocycles. The van der Waals surface area contributed by atoms with Crippen LogP contribution in [-0.2, 0) is 4.79 Å². The summed E-state index contributed by atoms with van der Waals surface area (Å²) in [5.74, 6) is 0.637. The highest BCUT2D eigenvalue weighted by atomic mass is 16.5. The van der Waals surface area contributed by atoms with Gasteiger partial charge in [0.25, 0.3) is 5.91 Å². The largest absolute Gasteiger partial charge is 0.482 e. The molecule has 1 aromatic carbocycles. The van der Waals surface area contributed by atoms with Gasteiger partial charge in [0.2, 0.25) is 0 Å². The maximum atomic E-state index is 12.4. The SMILES string of the molecule is CN1CCN(C(=O)COc2cccnc2)C[C@@H]1c1ccccc1. The van der Waals surface area contributed by atoms with Crippen LogP contribution in [0.15, 0.2) is 54.9 Å². The number of ether oxygens (including phenoxy) is 1. The van der Waals surface area contributed by atoms with Crippen LogP contribution >= 0.6 is 0 Å². The molecule has 1 fully saturated rings. The lowest BCUT2D eigenvalue weighted by Crippen LogP contribution is -2.50. The van der Waals surface area contributed by atoms with E-state index in [2.05, 4.69) is 29.1 Å². The number of amides is 1. The number of carbonyl (C=O) groups is 1. The lowest BCUT2D eigenvalue weighted by atomic mass is 10.0. The molecule has 0 N–H and O–H groups in total. The van der Waals surface area contributed by atoms with Crippen molar-refractivity contribution < 1.29 is 9.53 Å². The van der Waals surface area contributed by atoms with Crippen molar-refractivity contribution in [2.75, 3.05) is 33.3 Å². The third kappa shape index (κ3) is 3.87. The van der Waals surface area contributed by atoms with E-state index in [1.807, 2.05) is 23.1 Å². The van der Waals surface area contributed by atoms with E-state index >= 15 is 0 Å². The zero-order valence-corrected chi connectivity index (χ0v) is 13.3. The minimum Gasteiger partial charge on any atom is -0.482 e. The predicted octanol–water partition coefficient (Wildman–Crippen LogP) is 1.98. The van der Waals surface area contributed by atoms with Crippen LogP contribution in [0.1, 0.15) is 11.6 Å². The molecule has 0 aliphatic carbocycles. The lowest BCUT2D eigenvalue weighted by molar-refractivity contribution is -0.136. The molecule has 120 valence electrons. The molecule has 1 amide bonds. The molecule has 1 aromatic heterocycles. The van der Waals surface area contributed by atoms with Gasteiger partial charge in [-0.2, -0.15) is 0 Å². The number of aromatic nitrogens is 1. The normalized spacial score (nSPS) is 18.7. The van der Waals surface area contributed by atoms with Gasteiger partial charge in [0, 0.05) is 25.8 Å². The standard InChI is InChI=1S/C18H21N3O2/c1-20-10-11-21(13-17(20)15-6-3-2-4-7-15)18(22)14-23-16-8-5-9-19-12-16/h2-9,12,17H,10-11,13-14H2,1H3/t17-/m1/s1. The average Bonchev–Trinajstić information content (AvgIpc) is 2.62. The van der Waals surface area contributed by atoms with Crippen molar-refractivity contribution in [3.63, 3.8) is 0 Å². The molecule has 0 unspecified atom stereocenters. The van der Waals surface area contributed by atoms with Gasteiger partial charge in [-0.1, -0.05) is 30.3 Å². The summed E-state index contributed by atoms with van der Waals surface area (Å²) in [5, 5.41) is 0. The Hall–Kier alpha value is -2.40. The van der Waals surface area contributed by atoms with Gasteiger partial charge in [0.05, 0.1) is 12.2 Å². The molecule has 23 heavy (non-hydrogen) atoms. The fourth-order valence-electron chi connectivity index (χ4n) is 2.80. The van der Waals surface area contributed by atoms with Crippen LogP contribution in [0.25, 0.3) is 0 Å². The fourth-order valence-corrected chi connectivity index (χ4v) is 2.80. The van der Waals surface area contributed by atoms with Gasteiger partial charge >= 0.3 is 0 Å². The van der Waals surface area contributed by atoms with Crippen LogP contribution in [0, 0.1) is 0 Å². The summed E-state index contributed by atoms with van der Waals surface area (Å²) in [7, 11) is 2.10. The number of pyridine rings is 1. The maximum Gasteiger partial charge on any atom is 0.260 e. The predicted molar refractivity (Wildman–Crippen MR) is 88.1 cm³/mol. The van der Waals surface area contributed by atoms with E-state index in [4.69, 9.17) is 4.74 Å². The molecule has 2 aromatic rings. The van der Waals surface area contributed by atoms with Crippen molar-refractivity contribution in [1.82, 2.24) is 14.8 Å². The highest BCUT2D eigenvalue weighted by molar-refractivity contribution is 5.78. The Morgan fingerprint density at radius 1 is 1.22 bits per heavy atom. The summed E-state index contributed by atoms with van der Waals surface area (Å²) in [4.78, 5) is 20.6. The van der Waals surface area contributed by atoms with Gasteiger partial charge in [-0.25, -0.2) is 0 Å². The van der Waals surface area contributed by atoms with Gasteiger partial charge in [-0.05, 0) is 24.7 Å². The highest BCUT2D eigenvalue weighted by Gasteiger charge is 2.28. The summed E-state index contributed by atoms with van der Waals surface area (Å²) in [5.41, 5.74) is 1.24. The number of likely N-dealkylation sites (N-methyl/N-ethyl adjacent to an activating group) is 1. The van der Waals surface area contributed by atoms with E-state index in [1.54, 1.807) is 24.5 Å². The van der Waals surface area contributed by atoms with E-state index < -0.39 is 0 Å². The van der Waals surface area contributed by atoms with E-state index in [9.17, 15) is 4.79 Å². The van der Waals surface area contributed by atoms with Crippen molar-refractivity contribution in [2.24, 2.45) is 0 Å². The number of hydrogen-bond acceptors (Lipinski definition) is 4. The number of nitrogens with zero attached hydrogens (tertiary/aromatic N) is 3. The number of benzene rings is 1. The van der Waals surface area contributed by atoms with Gasteiger partial charge < -0.3 is 9.64 Å². The van der Waals surface area contributed by atoms with Crippen LogP contribution in [0.4, 0.5) is 0 Å². The molecule has 5 heteroatoms. The molecule has 1 aliphatic rings. The third-order valence-electron chi connectivity index (χ3n) is 4.18. The van der Waals surface area contributed by atoms with Gasteiger partial charge in [0.15, 0.2) is 6.61 Å². The number of hydrogen-bond donors (Lipinski definition) is 0. The summed E-state index contributed by atoms with van der Waals surface area (Å²) < 4.78 is 5.52. The summed E-state index contributed by atoms with van der Waals surface area (Å²) >= 11 is 0. The second-order valence-electron chi connectivity index (χ2n) is 5.72. The van der Waals surface area contributed by atoms with Crippen molar-refractivity contribution in [1.29, 1.82) is 0 Å². The smallest absolute Gasteiger partial charge is 0.260 e. The molecule has 1 saturated heterocycles. The van der Waals surface area contributed by atoms with E-state index in [0.29, 0.717) is 12.3 Å². The third-order valence-corrected chi connectivity index (χ3v) is 4.18. The van der Waals surface area contributed by atoms with E-state index in [1.165, 1.54) is 5.56 Å². The Kier molecular flexibility index (Phi) is 4.88. The molecule has 5 nitrogen and oxygen atoms in total. The molecular formula is C18H21N3O2. The lowest BCUT2D eigenvalue weighted by Gasteiger charge is -2.39. The van der Waals surface area contributed by atoms with Gasteiger partial charge in [-0.15, -0.1) is 0 Å². The van der Waals surface area contributed by atoms with E-state index in [0.717, 1.165) is 13.1 Å². The highest BCUT2D eigenvalue weighted by Crippen LogP contribution is 2.23. The Bertz CT molecular complexity index is 633. The minimum absolute atomic E-state index is 0.0166. The minimum atomic E-state index is 0.0166. The van der Waals surface area contributed by atoms with Crippen LogP contribution in [-0.4, -0.2) is 54.0 Å². The zero-order chi connectivity index (χ0) is 16.1. The molecule has 0 spiro atoms. The first-order chi connectivity index (χ1) is 11.2. The number of piperazine rings is 1. The van der Waals surface area contributed by atoms with Crippen molar-refractivity contribution >= 4 is 5.91 Å². The Morgan fingerprint density at radius 3 is 2.78 bits per heavy atom. The second-order valence-corrected chi connectivity index (χ2v) is 5.72. The number of rotatable bonds is 4. The monoisotopic (exact) mass is 311 g/mol. The molecule has 0 bridgehead atoms. The molecule has 1 atom stereocenters. The number of carbonyl (C=O) groups excluding carboxylic acids is 1. The Balaban J connectivity index is 1.60. The average molecular weight is 311 g/mol. The zero-order valence-electron chi connectivity index (χ0n) is 13.3. The second kappa shape index (κ2) is 7.24. The first-order valence-electron chi connectivity index (χ1n) is 7.80. The Morgan fingerprint density at radius 2 is 2.04 bits per heavy atom. The summed E-state index contributed by atoms with van der Waals surface area (Å²) in [6.07, 6.45) is 3.30. The molecular weight excluding hydrogens is 290 g/mol. The van der Waals surface area contributed by atoms with Crippen molar-refractivity contribution in [3.8, 4) is 5.75 Å². The molecule has 2 heterocycles. The fraction of sp³-hybridized carbons (Fsp3) is 0.333. The van der Waals surface area contributed by atoms with Gasteiger partial charge in [-0.3, -0.25) is 14.7 Å². The van der Waals surface area contributed by atoms with Crippen molar-refractivity contribution in [2.45, 2.75) is 6.04 Å². The van der Waals surface area contributed by atoms with Crippen LogP contribution in [0.2, 0.25) is 0 Å². The first-order valence-corrected chi connectivity index (χ1v) is 7.80. The summed E-state index contributed by atoms with van der Waals surface area (Å²) in [6, 6.07) is 14.1. The first kappa shape index (κ1) is 15.5. The van der Waals surface area contributed by atoms with Crippen molar-refractivity contribution in [3.05, 3.63) is 60.4 Å². The molecule has 3 rings (SSSR count). The molecule has 0 radical (unpaired) electrons. The Labute approximate surface area is 136 Å². The van der Waals surface area contributed by atoms with Crippen LogP contribution in [0.3, 0.4) is 0 Å². The quantitative estimate of drug-likeness (QED) is 0.866. The van der Waals surface area contributed by atoms with Crippen LogP contribution in [0.5, 0.6) is 5.75 Å². The van der Waals surface area contributed by atoms with Crippen LogP contribution < -0.4 is 4.74 Å². The topological polar surface area (TPSA) is 45.7 Å². The van der Waals surface area contributed by atoms with E-state index in [-0.39, 0.29) is 18.6 Å².